The molecule has 2 heterocycles. The molecule has 1 N–H and O–H groups in total. The van der Waals surface area contributed by atoms with Crippen molar-refractivity contribution in [1.29, 1.82) is 0 Å². The number of nitrogens with one attached hydrogen (secondary N) is 1. The molecular weight excluding hydrogens is 414 g/mol. The Morgan fingerprint density at radius 1 is 0.848 bits per heavy atom. The minimum Gasteiger partial charge on any atom is -0.354 e. The number of carbonyl (C=O) groups is 1. The van der Waals surface area contributed by atoms with Crippen LogP contribution >= 0.6 is 0 Å². The maximum atomic E-state index is 13.0. The van der Waals surface area contributed by atoms with Gasteiger partial charge in [0, 0.05) is 45.2 Å². The Labute approximate surface area is 192 Å². The van der Waals surface area contributed by atoms with E-state index in [1.165, 1.54) is 21.0 Å². The molecular formula is C26H27N5O2. The summed E-state index contributed by atoms with van der Waals surface area (Å²) in [6, 6.07) is 22.1. The second-order valence-electron chi connectivity index (χ2n) is 8.45. The molecule has 1 fully saturated rings. The summed E-state index contributed by atoms with van der Waals surface area (Å²) in [4.78, 5) is 30.1. The molecule has 168 valence electrons. The van der Waals surface area contributed by atoms with Gasteiger partial charge in [-0.1, -0.05) is 60.7 Å². The van der Waals surface area contributed by atoms with Crippen molar-refractivity contribution in [2.75, 3.05) is 33.2 Å². The first-order valence-electron chi connectivity index (χ1n) is 11.3. The maximum Gasteiger partial charge on any atom is 0.275 e. The van der Waals surface area contributed by atoms with Crippen LogP contribution in [0.25, 0.3) is 21.5 Å². The van der Waals surface area contributed by atoms with E-state index in [1.54, 1.807) is 19.2 Å². The van der Waals surface area contributed by atoms with Gasteiger partial charge in [-0.05, 0) is 22.4 Å². The van der Waals surface area contributed by atoms with E-state index in [0.717, 1.165) is 32.7 Å². The van der Waals surface area contributed by atoms with E-state index >= 15 is 0 Å². The second-order valence-corrected chi connectivity index (χ2v) is 8.45. The van der Waals surface area contributed by atoms with Crippen molar-refractivity contribution in [2.24, 2.45) is 0 Å². The fourth-order valence-corrected chi connectivity index (χ4v) is 4.57. The summed E-state index contributed by atoms with van der Waals surface area (Å²) in [6.07, 6.45) is 0. The molecule has 0 bridgehead atoms. The molecule has 0 aliphatic carbocycles. The van der Waals surface area contributed by atoms with Gasteiger partial charge in [0.2, 0.25) is 0 Å². The molecule has 7 heteroatoms. The second kappa shape index (κ2) is 9.13. The summed E-state index contributed by atoms with van der Waals surface area (Å²) >= 11 is 0. The third-order valence-electron chi connectivity index (χ3n) is 6.38. The topological polar surface area (TPSA) is 70.5 Å². The van der Waals surface area contributed by atoms with Gasteiger partial charge in [0.1, 0.15) is 0 Å². The molecule has 3 aromatic carbocycles. The number of hydrogen-bond acceptors (Lipinski definition) is 5. The molecule has 0 saturated carbocycles. The van der Waals surface area contributed by atoms with Crippen LogP contribution in [0.5, 0.6) is 0 Å². The summed E-state index contributed by atoms with van der Waals surface area (Å²) in [5, 5.41) is 10.7. The third-order valence-corrected chi connectivity index (χ3v) is 6.38. The van der Waals surface area contributed by atoms with Gasteiger partial charge < -0.3 is 5.32 Å². The summed E-state index contributed by atoms with van der Waals surface area (Å²) in [5.74, 6) is -0.292. The highest BCUT2D eigenvalue weighted by atomic mass is 16.2. The zero-order valence-corrected chi connectivity index (χ0v) is 18.7. The monoisotopic (exact) mass is 441 g/mol. The smallest absolute Gasteiger partial charge is 0.275 e. The molecule has 33 heavy (non-hydrogen) atoms. The van der Waals surface area contributed by atoms with E-state index in [2.05, 4.69) is 62.7 Å². The van der Waals surface area contributed by atoms with Crippen molar-refractivity contribution in [3.63, 3.8) is 0 Å². The number of hydrogen-bond donors (Lipinski definition) is 1. The number of amides is 1. The number of aromatic nitrogens is 2. The Morgan fingerprint density at radius 2 is 1.48 bits per heavy atom. The lowest BCUT2D eigenvalue weighted by molar-refractivity contribution is 0.0927. The van der Waals surface area contributed by atoms with Crippen LogP contribution < -0.4 is 10.9 Å². The van der Waals surface area contributed by atoms with Crippen molar-refractivity contribution in [2.45, 2.75) is 13.2 Å². The van der Waals surface area contributed by atoms with Crippen molar-refractivity contribution < 1.29 is 4.79 Å². The van der Waals surface area contributed by atoms with Gasteiger partial charge in [-0.25, -0.2) is 4.68 Å². The van der Waals surface area contributed by atoms with Crippen molar-refractivity contribution >= 4 is 27.5 Å². The Morgan fingerprint density at radius 3 is 2.24 bits per heavy atom. The molecule has 0 radical (unpaired) electrons. The Balaban J connectivity index is 1.31. The number of carbonyl (C=O) groups excluding carboxylic acids is 1. The Hall–Kier alpha value is -3.55. The van der Waals surface area contributed by atoms with Crippen LogP contribution in [0.15, 0.2) is 71.5 Å². The predicted molar refractivity (Wildman–Crippen MR) is 130 cm³/mol. The molecule has 1 aliphatic rings. The van der Waals surface area contributed by atoms with Gasteiger partial charge in [-0.2, -0.15) is 5.10 Å². The Kier molecular flexibility index (Phi) is 5.90. The van der Waals surface area contributed by atoms with Gasteiger partial charge in [-0.3, -0.25) is 19.4 Å². The molecule has 0 atom stereocenters. The number of benzene rings is 3. The number of piperazine rings is 1. The summed E-state index contributed by atoms with van der Waals surface area (Å²) in [6.45, 7) is 4.77. The molecule has 5 rings (SSSR count). The van der Waals surface area contributed by atoms with Crippen molar-refractivity contribution in [3.05, 3.63) is 88.3 Å². The normalized spacial score (nSPS) is 15.2. The number of rotatable bonds is 5. The van der Waals surface area contributed by atoms with Crippen LogP contribution in [-0.2, 0) is 13.2 Å². The van der Waals surface area contributed by atoms with Gasteiger partial charge in [0.15, 0.2) is 5.69 Å². The van der Waals surface area contributed by atoms with Gasteiger partial charge in [0.05, 0.1) is 12.1 Å². The fraction of sp³-hybridized carbons (Fsp3) is 0.269. The van der Waals surface area contributed by atoms with Crippen LogP contribution in [0.3, 0.4) is 0 Å². The molecule has 1 aliphatic heterocycles. The standard InChI is InChI=1S/C26H27N5O2/c1-27-25(32)24-22-11-4-5-12-23(22)26(33)31(28-24)18-30-15-13-29(14-16-30)17-20-9-6-8-19-7-2-3-10-21(19)20/h2-12H,13-18H2,1H3,(H,27,32). The zero-order valence-electron chi connectivity index (χ0n) is 18.7. The first kappa shape index (κ1) is 21.3. The first-order valence-corrected chi connectivity index (χ1v) is 11.3. The van der Waals surface area contributed by atoms with Crippen LogP contribution in [0.2, 0.25) is 0 Å². The third kappa shape index (κ3) is 4.25. The van der Waals surface area contributed by atoms with Crippen LogP contribution in [-0.4, -0.2) is 58.7 Å². The van der Waals surface area contributed by atoms with Gasteiger partial charge in [0.25, 0.3) is 11.5 Å². The van der Waals surface area contributed by atoms with Gasteiger partial charge in [-0.15, -0.1) is 0 Å². The van der Waals surface area contributed by atoms with E-state index < -0.39 is 0 Å². The van der Waals surface area contributed by atoms with Crippen LogP contribution in [0.1, 0.15) is 16.1 Å². The average molecular weight is 442 g/mol. The van der Waals surface area contributed by atoms with Crippen LogP contribution in [0.4, 0.5) is 0 Å². The lowest BCUT2D eigenvalue weighted by atomic mass is 10.0. The highest BCUT2D eigenvalue weighted by Crippen LogP contribution is 2.21. The van der Waals surface area contributed by atoms with Gasteiger partial charge >= 0.3 is 0 Å². The maximum absolute atomic E-state index is 13.0. The van der Waals surface area contributed by atoms with E-state index in [4.69, 9.17) is 0 Å². The quantitative estimate of drug-likeness (QED) is 0.516. The highest BCUT2D eigenvalue weighted by molar-refractivity contribution is 6.04. The van der Waals surface area contributed by atoms with Crippen molar-refractivity contribution in [1.82, 2.24) is 24.9 Å². The summed E-state index contributed by atoms with van der Waals surface area (Å²) in [5.41, 5.74) is 1.45. The van der Waals surface area contributed by atoms with E-state index in [0.29, 0.717) is 17.4 Å². The molecule has 1 saturated heterocycles. The van der Waals surface area contributed by atoms with E-state index in [-0.39, 0.29) is 17.2 Å². The molecule has 0 unspecified atom stereocenters. The number of fused-ring (bicyclic) bond motifs is 2. The first-order chi connectivity index (χ1) is 16.1. The average Bonchev–Trinajstić information content (AvgIpc) is 2.86. The Bertz CT molecular complexity index is 1370. The van der Waals surface area contributed by atoms with E-state index in [9.17, 15) is 9.59 Å². The largest absolute Gasteiger partial charge is 0.354 e. The molecule has 7 nitrogen and oxygen atoms in total. The molecule has 0 spiro atoms. The SMILES string of the molecule is CNC(=O)c1nn(CN2CCN(Cc3cccc4ccccc34)CC2)c(=O)c2ccccc12. The summed E-state index contributed by atoms with van der Waals surface area (Å²) < 4.78 is 1.42. The lowest BCUT2D eigenvalue weighted by Gasteiger charge is -2.34. The summed E-state index contributed by atoms with van der Waals surface area (Å²) in [7, 11) is 1.57. The number of nitrogens with zero attached hydrogens (tertiary/aromatic N) is 4. The highest BCUT2D eigenvalue weighted by Gasteiger charge is 2.21. The van der Waals surface area contributed by atoms with E-state index in [1.807, 2.05) is 12.1 Å². The minimum absolute atomic E-state index is 0.170. The predicted octanol–water partition coefficient (Wildman–Crippen LogP) is 2.68. The fourth-order valence-electron chi connectivity index (χ4n) is 4.57. The molecule has 1 aromatic heterocycles. The van der Waals surface area contributed by atoms with Crippen molar-refractivity contribution in [3.8, 4) is 0 Å². The minimum atomic E-state index is -0.292. The molecule has 4 aromatic rings. The van der Waals surface area contributed by atoms with Crippen LogP contribution in [0, 0.1) is 0 Å². The zero-order chi connectivity index (χ0) is 22.8. The lowest BCUT2D eigenvalue weighted by Crippen LogP contribution is -2.47. The molecule has 1 amide bonds.